The zero-order valence-corrected chi connectivity index (χ0v) is 11.7. The van der Waals surface area contributed by atoms with Crippen LogP contribution in [-0.2, 0) is 4.79 Å². The van der Waals surface area contributed by atoms with Gasteiger partial charge in [0.25, 0.3) is 0 Å². The zero-order valence-electron chi connectivity index (χ0n) is 11.7. The summed E-state index contributed by atoms with van der Waals surface area (Å²) in [4.78, 5) is 11.3. The minimum Gasteiger partial charge on any atom is -0.496 e. The first-order valence-corrected chi connectivity index (χ1v) is 6.76. The van der Waals surface area contributed by atoms with E-state index in [1.165, 1.54) is 0 Å². The topological polar surface area (TPSA) is 46.5 Å². The minimum absolute atomic E-state index is 0.445. The van der Waals surface area contributed by atoms with Crippen molar-refractivity contribution in [2.24, 2.45) is 0 Å². The second kappa shape index (κ2) is 8.35. The summed E-state index contributed by atoms with van der Waals surface area (Å²) in [5.41, 5.74) is 1.26. The molecule has 0 amide bonds. The van der Waals surface area contributed by atoms with E-state index in [9.17, 15) is 9.90 Å². The molecule has 0 saturated heterocycles. The average Bonchev–Trinajstić information content (AvgIpc) is 2.42. The average molecular weight is 262 g/mol. The monoisotopic (exact) mass is 262 g/mol. The van der Waals surface area contributed by atoms with Crippen molar-refractivity contribution in [3.8, 4) is 5.75 Å². The van der Waals surface area contributed by atoms with Gasteiger partial charge in [0.15, 0.2) is 0 Å². The third kappa shape index (κ3) is 5.16. The lowest BCUT2D eigenvalue weighted by molar-refractivity contribution is -0.132. The van der Waals surface area contributed by atoms with Crippen molar-refractivity contribution in [3.05, 3.63) is 35.4 Å². The Balaban J connectivity index is 2.79. The van der Waals surface area contributed by atoms with E-state index in [-0.39, 0.29) is 0 Å². The molecule has 0 aliphatic rings. The number of carboxylic acids is 1. The van der Waals surface area contributed by atoms with E-state index in [1.54, 1.807) is 13.2 Å². The Labute approximate surface area is 114 Å². The van der Waals surface area contributed by atoms with Crippen molar-refractivity contribution in [2.75, 3.05) is 7.11 Å². The van der Waals surface area contributed by atoms with Gasteiger partial charge in [-0.05, 0) is 25.0 Å². The fourth-order valence-electron chi connectivity index (χ4n) is 1.96. The maximum atomic E-state index is 11.3. The standard InChI is InChI=1S/C16H22O3/c1-3-4-5-6-10-14(16(17)18)12-13-9-7-8-11-15(13)19-2/h7-9,11-12H,3-6,10H2,1-2H3,(H,17,18)/b14-12-. The molecule has 0 unspecified atom stereocenters. The molecular weight excluding hydrogens is 240 g/mol. The lowest BCUT2D eigenvalue weighted by Gasteiger charge is -2.06. The van der Waals surface area contributed by atoms with E-state index in [0.717, 1.165) is 31.2 Å². The Morgan fingerprint density at radius 3 is 2.63 bits per heavy atom. The molecule has 0 spiro atoms. The van der Waals surface area contributed by atoms with E-state index in [0.29, 0.717) is 17.7 Å². The first-order valence-electron chi connectivity index (χ1n) is 6.76. The van der Waals surface area contributed by atoms with Crippen molar-refractivity contribution in [1.29, 1.82) is 0 Å². The number of ether oxygens (including phenoxy) is 1. The summed E-state index contributed by atoms with van der Waals surface area (Å²) in [5.74, 6) is -0.141. The van der Waals surface area contributed by atoms with E-state index < -0.39 is 5.97 Å². The summed E-state index contributed by atoms with van der Waals surface area (Å²) in [5, 5.41) is 9.25. The lowest BCUT2D eigenvalue weighted by atomic mass is 10.0. The van der Waals surface area contributed by atoms with Gasteiger partial charge in [-0.3, -0.25) is 0 Å². The molecule has 1 aromatic carbocycles. The number of hydrogen-bond donors (Lipinski definition) is 1. The molecule has 1 aromatic rings. The molecule has 0 aliphatic carbocycles. The summed E-state index contributed by atoms with van der Waals surface area (Å²) in [6.45, 7) is 2.14. The highest BCUT2D eigenvalue weighted by Crippen LogP contribution is 2.22. The molecule has 0 atom stereocenters. The first kappa shape index (κ1) is 15.3. The van der Waals surface area contributed by atoms with Crippen LogP contribution in [0, 0.1) is 0 Å². The van der Waals surface area contributed by atoms with Crippen LogP contribution < -0.4 is 4.74 Å². The Morgan fingerprint density at radius 2 is 2.00 bits per heavy atom. The molecule has 0 saturated carbocycles. The molecule has 0 radical (unpaired) electrons. The van der Waals surface area contributed by atoms with Gasteiger partial charge in [-0.1, -0.05) is 44.4 Å². The van der Waals surface area contributed by atoms with Crippen LogP contribution in [0.3, 0.4) is 0 Å². The Morgan fingerprint density at radius 1 is 1.26 bits per heavy atom. The van der Waals surface area contributed by atoms with Crippen LogP contribution in [0.25, 0.3) is 6.08 Å². The number of carbonyl (C=O) groups is 1. The predicted octanol–water partition coefficient (Wildman–Crippen LogP) is 4.13. The maximum absolute atomic E-state index is 11.3. The number of para-hydroxylation sites is 1. The number of hydrogen-bond acceptors (Lipinski definition) is 2. The van der Waals surface area contributed by atoms with Gasteiger partial charge in [0.05, 0.1) is 7.11 Å². The van der Waals surface area contributed by atoms with Crippen LogP contribution in [0.4, 0.5) is 0 Å². The number of methoxy groups -OCH3 is 1. The number of benzene rings is 1. The second-order valence-electron chi connectivity index (χ2n) is 4.53. The van der Waals surface area contributed by atoms with Gasteiger partial charge >= 0.3 is 5.97 Å². The van der Waals surface area contributed by atoms with Crippen molar-refractivity contribution in [3.63, 3.8) is 0 Å². The summed E-state index contributed by atoms with van der Waals surface area (Å²) in [6.07, 6.45) is 6.62. The molecule has 0 heterocycles. The van der Waals surface area contributed by atoms with Gasteiger partial charge in [0.1, 0.15) is 5.75 Å². The number of carboxylic acid groups (broad SMARTS) is 1. The molecule has 1 N–H and O–H groups in total. The van der Waals surface area contributed by atoms with E-state index in [1.807, 2.05) is 24.3 Å². The third-order valence-electron chi connectivity index (χ3n) is 3.04. The van der Waals surface area contributed by atoms with Crippen LogP contribution in [0.2, 0.25) is 0 Å². The Hall–Kier alpha value is -1.77. The summed E-state index contributed by atoms with van der Waals surface area (Å²) >= 11 is 0. The van der Waals surface area contributed by atoms with E-state index >= 15 is 0 Å². The van der Waals surface area contributed by atoms with Crippen molar-refractivity contribution >= 4 is 12.0 Å². The maximum Gasteiger partial charge on any atom is 0.331 e. The second-order valence-corrected chi connectivity index (χ2v) is 4.53. The quantitative estimate of drug-likeness (QED) is 0.566. The number of unbranched alkanes of at least 4 members (excludes halogenated alkanes) is 3. The van der Waals surface area contributed by atoms with Crippen LogP contribution in [-0.4, -0.2) is 18.2 Å². The Bertz CT molecular complexity index is 435. The van der Waals surface area contributed by atoms with Crippen molar-refractivity contribution in [2.45, 2.75) is 39.0 Å². The highest BCUT2D eigenvalue weighted by Gasteiger charge is 2.08. The molecule has 19 heavy (non-hydrogen) atoms. The first-order chi connectivity index (χ1) is 9.19. The minimum atomic E-state index is -0.845. The molecule has 3 nitrogen and oxygen atoms in total. The molecule has 1 rings (SSSR count). The predicted molar refractivity (Wildman–Crippen MR) is 77.4 cm³/mol. The molecule has 0 aliphatic heterocycles. The van der Waals surface area contributed by atoms with E-state index in [2.05, 4.69) is 6.92 Å². The van der Waals surface area contributed by atoms with Gasteiger partial charge in [0, 0.05) is 11.1 Å². The van der Waals surface area contributed by atoms with Crippen molar-refractivity contribution < 1.29 is 14.6 Å². The largest absolute Gasteiger partial charge is 0.496 e. The molecule has 0 fully saturated rings. The fraction of sp³-hybridized carbons (Fsp3) is 0.438. The van der Waals surface area contributed by atoms with Gasteiger partial charge in [-0.2, -0.15) is 0 Å². The number of aliphatic carboxylic acids is 1. The van der Waals surface area contributed by atoms with Gasteiger partial charge in [-0.15, -0.1) is 0 Å². The highest BCUT2D eigenvalue weighted by molar-refractivity contribution is 5.92. The molecule has 104 valence electrons. The third-order valence-corrected chi connectivity index (χ3v) is 3.04. The highest BCUT2D eigenvalue weighted by atomic mass is 16.5. The molecule has 0 bridgehead atoms. The summed E-state index contributed by atoms with van der Waals surface area (Å²) in [6, 6.07) is 7.46. The summed E-state index contributed by atoms with van der Waals surface area (Å²) < 4.78 is 5.23. The van der Waals surface area contributed by atoms with Gasteiger partial charge in [-0.25, -0.2) is 4.79 Å². The SMILES string of the molecule is CCCCCC/C(=C/c1ccccc1OC)C(=O)O. The normalized spacial score (nSPS) is 11.4. The molecular formula is C16H22O3. The van der Waals surface area contributed by atoms with Gasteiger partial charge < -0.3 is 9.84 Å². The van der Waals surface area contributed by atoms with Gasteiger partial charge in [0.2, 0.25) is 0 Å². The van der Waals surface area contributed by atoms with Crippen LogP contribution in [0.15, 0.2) is 29.8 Å². The number of rotatable bonds is 8. The zero-order chi connectivity index (χ0) is 14.1. The molecule has 3 heteroatoms. The van der Waals surface area contributed by atoms with Crippen LogP contribution in [0.1, 0.15) is 44.6 Å². The summed E-state index contributed by atoms with van der Waals surface area (Å²) in [7, 11) is 1.59. The lowest BCUT2D eigenvalue weighted by Crippen LogP contribution is -2.01. The molecule has 0 aromatic heterocycles. The van der Waals surface area contributed by atoms with Crippen molar-refractivity contribution in [1.82, 2.24) is 0 Å². The van der Waals surface area contributed by atoms with Crippen LogP contribution >= 0.6 is 0 Å². The van der Waals surface area contributed by atoms with Crippen LogP contribution in [0.5, 0.6) is 5.75 Å². The Kier molecular flexibility index (Phi) is 6.72. The smallest absolute Gasteiger partial charge is 0.331 e. The fourth-order valence-corrected chi connectivity index (χ4v) is 1.96. The van der Waals surface area contributed by atoms with E-state index in [4.69, 9.17) is 4.74 Å².